The van der Waals surface area contributed by atoms with E-state index in [1.165, 1.54) is 0 Å². The number of hydrogen-bond donors (Lipinski definition) is 1. The van der Waals surface area contributed by atoms with Crippen molar-refractivity contribution in [1.82, 2.24) is 5.43 Å². The van der Waals surface area contributed by atoms with E-state index in [2.05, 4.69) is 10.5 Å². The fourth-order valence-corrected chi connectivity index (χ4v) is 2.31. The third-order valence-corrected chi connectivity index (χ3v) is 3.38. The van der Waals surface area contributed by atoms with Gasteiger partial charge in [-0.05, 0) is 30.3 Å². The number of rotatable bonds is 3. The molecule has 2 aromatic carbocycles. The Morgan fingerprint density at radius 1 is 0.818 bits per heavy atom. The first kappa shape index (κ1) is 12.5. The van der Waals surface area contributed by atoms with Crippen LogP contribution in [-0.4, -0.2) is 5.84 Å². The number of amidine groups is 1. The van der Waals surface area contributed by atoms with Crippen LogP contribution in [0.25, 0.3) is 0 Å². The molecule has 0 spiro atoms. The van der Waals surface area contributed by atoms with Crippen LogP contribution in [0.2, 0.25) is 0 Å². The molecule has 1 aliphatic heterocycles. The first-order valence-electron chi connectivity index (χ1n) is 7.00. The fraction of sp³-hybridized carbons (Fsp3) is 0. The summed E-state index contributed by atoms with van der Waals surface area (Å²) in [5.74, 6) is 0.737. The van der Waals surface area contributed by atoms with Crippen LogP contribution in [0.1, 0.15) is 5.56 Å². The molecule has 22 heavy (non-hydrogen) atoms. The lowest BCUT2D eigenvalue weighted by Gasteiger charge is -2.27. The Labute approximate surface area is 128 Å². The lowest BCUT2D eigenvalue weighted by Crippen LogP contribution is -2.44. The van der Waals surface area contributed by atoms with E-state index in [0.717, 1.165) is 22.8 Å². The van der Waals surface area contributed by atoms with Gasteiger partial charge in [-0.15, -0.1) is 5.10 Å². The van der Waals surface area contributed by atoms with E-state index in [1.54, 1.807) is 12.5 Å². The molecule has 0 saturated carbocycles. The first-order valence-corrected chi connectivity index (χ1v) is 7.00. The molecule has 1 aliphatic rings. The average molecular weight is 290 g/mol. The van der Waals surface area contributed by atoms with E-state index in [4.69, 9.17) is 4.42 Å². The molecule has 5 nitrogen and oxygen atoms in total. The number of anilines is 2. The lowest BCUT2D eigenvalue weighted by molar-refractivity contribution is 0.566. The van der Waals surface area contributed by atoms with Gasteiger partial charge >= 0.3 is 0 Å². The number of hydrazine groups is 2. The van der Waals surface area contributed by atoms with Gasteiger partial charge in [0.2, 0.25) is 0 Å². The summed E-state index contributed by atoms with van der Waals surface area (Å²) in [4.78, 5) is 0. The molecule has 0 unspecified atom stereocenters. The van der Waals surface area contributed by atoms with Gasteiger partial charge in [-0.1, -0.05) is 36.4 Å². The maximum Gasteiger partial charge on any atom is 0.179 e. The van der Waals surface area contributed by atoms with Crippen LogP contribution in [0.3, 0.4) is 0 Å². The standard InChI is InChI=1S/C17H14N4O/c1-3-7-15(8-4-1)20-18-17(14-11-12-22-13-14)19-21(20)16-9-5-2-6-10-16/h1-13H,(H,18,19). The van der Waals surface area contributed by atoms with Gasteiger partial charge in [0, 0.05) is 0 Å². The Hall–Kier alpha value is -3.21. The summed E-state index contributed by atoms with van der Waals surface area (Å²) in [7, 11) is 0. The molecule has 1 aromatic heterocycles. The highest BCUT2D eigenvalue weighted by atomic mass is 16.3. The van der Waals surface area contributed by atoms with Crippen LogP contribution in [0, 0.1) is 0 Å². The molecular formula is C17H14N4O. The van der Waals surface area contributed by atoms with E-state index in [-0.39, 0.29) is 0 Å². The average Bonchev–Trinajstić information content (AvgIpc) is 3.26. The van der Waals surface area contributed by atoms with Crippen LogP contribution in [0.15, 0.2) is 88.8 Å². The summed E-state index contributed by atoms with van der Waals surface area (Å²) in [6, 6.07) is 21.9. The number of nitrogens with one attached hydrogen (secondary N) is 1. The Morgan fingerprint density at radius 3 is 2.14 bits per heavy atom. The quantitative estimate of drug-likeness (QED) is 0.803. The third-order valence-electron chi connectivity index (χ3n) is 3.38. The normalized spacial score (nSPS) is 13.9. The van der Waals surface area contributed by atoms with E-state index < -0.39 is 0 Å². The number of hydrogen-bond acceptors (Lipinski definition) is 5. The molecule has 4 rings (SSSR count). The molecule has 1 N–H and O–H groups in total. The zero-order valence-electron chi connectivity index (χ0n) is 11.8. The second kappa shape index (κ2) is 5.29. The number of nitrogens with zero attached hydrogens (tertiary/aromatic N) is 3. The van der Waals surface area contributed by atoms with Crippen LogP contribution in [0.4, 0.5) is 11.4 Å². The molecule has 0 fully saturated rings. The number of hydrazone groups is 1. The topological polar surface area (TPSA) is 44.0 Å². The van der Waals surface area contributed by atoms with Crippen LogP contribution < -0.4 is 15.7 Å². The monoisotopic (exact) mass is 290 g/mol. The molecule has 5 heteroatoms. The van der Waals surface area contributed by atoms with Gasteiger partial charge in [0.25, 0.3) is 0 Å². The maximum absolute atomic E-state index is 5.15. The van der Waals surface area contributed by atoms with Crippen molar-refractivity contribution in [2.75, 3.05) is 10.2 Å². The molecule has 2 heterocycles. The van der Waals surface area contributed by atoms with Crippen molar-refractivity contribution in [2.24, 2.45) is 5.10 Å². The van der Waals surface area contributed by atoms with Crippen molar-refractivity contribution in [3.05, 3.63) is 84.8 Å². The highest BCUT2D eigenvalue weighted by Crippen LogP contribution is 2.25. The van der Waals surface area contributed by atoms with E-state index in [9.17, 15) is 0 Å². The van der Waals surface area contributed by atoms with Gasteiger partial charge in [-0.25, -0.2) is 0 Å². The van der Waals surface area contributed by atoms with Gasteiger partial charge in [0.1, 0.15) is 6.26 Å². The zero-order valence-corrected chi connectivity index (χ0v) is 11.8. The van der Waals surface area contributed by atoms with Gasteiger partial charge in [-0.3, -0.25) is 5.43 Å². The summed E-state index contributed by atoms with van der Waals surface area (Å²) in [6.45, 7) is 0. The van der Waals surface area contributed by atoms with Gasteiger partial charge in [-0.2, -0.15) is 10.2 Å². The summed E-state index contributed by atoms with van der Waals surface area (Å²) in [6.07, 6.45) is 3.31. The summed E-state index contributed by atoms with van der Waals surface area (Å²) in [5, 5.41) is 8.39. The first-order chi connectivity index (χ1) is 10.9. The van der Waals surface area contributed by atoms with Crippen molar-refractivity contribution < 1.29 is 4.42 Å². The minimum absolute atomic E-state index is 0.737. The third kappa shape index (κ3) is 2.18. The van der Waals surface area contributed by atoms with Crippen molar-refractivity contribution in [1.29, 1.82) is 0 Å². The van der Waals surface area contributed by atoms with Crippen molar-refractivity contribution in [3.63, 3.8) is 0 Å². The molecule has 0 aliphatic carbocycles. The highest BCUT2D eigenvalue weighted by Gasteiger charge is 2.26. The molecule has 108 valence electrons. The minimum atomic E-state index is 0.737. The van der Waals surface area contributed by atoms with E-state index >= 15 is 0 Å². The van der Waals surface area contributed by atoms with Gasteiger partial charge in [0.15, 0.2) is 5.84 Å². The Morgan fingerprint density at radius 2 is 1.50 bits per heavy atom. The van der Waals surface area contributed by atoms with Crippen molar-refractivity contribution in [2.45, 2.75) is 0 Å². The molecule has 0 amide bonds. The Kier molecular flexibility index (Phi) is 3.01. The largest absolute Gasteiger partial charge is 0.472 e. The van der Waals surface area contributed by atoms with Crippen molar-refractivity contribution in [3.8, 4) is 0 Å². The number of para-hydroxylation sites is 2. The van der Waals surface area contributed by atoms with E-state index in [0.29, 0.717) is 0 Å². The van der Waals surface area contributed by atoms with Crippen LogP contribution in [0.5, 0.6) is 0 Å². The highest BCUT2D eigenvalue weighted by molar-refractivity contribution is 6.01. The fourth-order valence-electron chi connectivity index (χ4n) is 2.31. The molecule has 0 atom stereocenters. The number of furan rings is 1. The smallest absolute Gasteiger partial charge is 0.179 e. The van der Waals surface area contributed by atoms with Crippen molar-refractivity contribution >= 4 is 17.2 Å². The second-order valence-electron chi connectivity index (χ2n) is 4.84. The number of benzene rings is 2. The predicted octanol–water partition coefficient (Wildman–Crippen LogP) is 3.39. The predicted molar refractivity (Wildman–Crippen MR) is 86.2 cm³/mol. The summed E-state index contributed by atoms with van der Waals surface area (Å²) >= 11 is 0. The van der Waals surface area contributed by atoms with Gasteiger partial charge in [0.05, 0.1) is 23.2 Å². The molecule has 0 bridgehead atoms. The summed E-state index contributed by atoms with van der Waals surface area (Å²) in [5.41, 5.74) is 6.17. The molecule has 0 radical (unpaired) electrons. The zero-order chi connectivity index (χ0) is 14.8. The maximum atomic E-state index is 5.15. The van der Waals surface area contributed by atoms with E-state index in [1.807, 2.05) is 77.0 Å². The van der Waals surface area contributed by atoms with Gasteiger partial charge < -0.3 is 4.42 Å². The summed E-state index contributed by atoms with van der Waals surface area (Å²) < 4.78 is 5.15. The Bertz CT molecular complexity index is 769. The van der Waals surface area contributed by atoms with Crippen LogP contribution >= 0.6 is 0 Å². The lowest BCUT2D eigenvalue weighted by atomic mass is 10.3. The minimum Gasteiger partial charge on any atom is -0.472 e. The molecule has 0 saturated heterocycles. The van der Waals surface area contributed by atoms with Crippen LogP contribution in [-0.2, 0) is 0 Å². The molecule has 3 aromatic rings. The SMILES string of the molecule is c1ccc(N2N=C(c3ccoc3)NN2c2ccccc2)cc1. The Balaban J connectivity index is 1.75. The second-order valence-corrected chi connectivity index (χ2v) is 4.84. The molecular weight excluding hydrogens is 276 g/mol.